The van der Waals surface area contributed by atoms with E-state index >= 15 is 0 Å². The van der Waals surface area contributed by atoms with E-state index in [2.05, 4.69) is 31.9 Å². The maximum absolute atomic E-state index is 12.6. The van der Waals surface area contributed by atoms with Crippen molar-refractivity contribution in [2.75, 3.05) is 6.54 Å². The molecule has 2 heterocycles. The summed E-state index contributed by atoms with van der Waals surface area (Å²) in [5.41, 5.74) is 1.65. The summed E-state index contributed by atoms with van der Waals surface area (Å²) in [4.78, 5) is 6.70. The summed E-state index contributed by atoms with van der Waals surface area (Å²) in [6, 6.07) is 17.1. The lowest BCUT2D eigenvalue weighted by molar-refractivity contribution is -0.0494. The van der Waals surface area contributed by atoms with Crippen LogP contribution in [0.1, 0.15) is 30.3 Å². The number of para-hydroxylation sites is 1. The summed E-state index contributed by atoms with van der Waals surface area (Å²) < 4.78 is 35.1. The van der Waals surface area contributed by atoms with Crippen LogP contribution >= 0.6 is 0 Å². The van der Waals surface area contributed by atoms with Crippen LogP contribution in [0, 0.1) is 0 Å². The van der Waals surface area contributed by atoms with E-state index in [0.29, 0.717) is 24.0 Å². The van der Waals surface area contributed by atoms with E-state index in [0.717, 1.165) is 19.4 Å². The van der Waals surface area contributed by atoms with Crippen molar-refractivity contribution in [3.63, 3.8) is 0 Å². The number of alkyl halides is 2. The van der Waals surface area contributed by atoms with Crippen LogP contribution in [0.5, 0.6) is 5.75 Å². The predicted octanol–water partition coefficient (Wildman–Crippen LogP) is 4.68. The van der Waals surface area contributed by atoms with Crippen LogP contribution in [0.4, 0.5) is 8.78 Å². The molecule has 0 amide bonds. The van der Waals surface area contributed by atoms with Gasteiger partial charge in [-0.1, -0.05) is 47.6 Å². The standard InChI is InChI=1S/C20H19F2N3O2/c21-20(22)26-17-11-5-4-9-15(17)19-23-18(27-24-19)13-25-12-6-10-16(25)14-7-2-1-3-8-14/h1-5,7-9,11,16,20H,6,10,12-13H2. The number of hydrogen-bond acceptors (Lipinski definition) is 5. The van der Waals surface area contributed by atoms with Crippen LogP contribution in [0.25, 0.3) is 11.4 Å². The van der Waals surface area contributed by atoms with Gasteiger partial charge in [0.25, 0.3) is 0 Å². The molecule has 1 saturated heterocycles. The first-order valence-electron chi connectivity index (χ1n) is 8.86. The minimum absolute atomic E-state index is 0.0307. The number of likely N-dealkylation sites (tertiary alicyclic amines) is 1. The Hall–Kier alpha value is -2.80. The van der Waals surface area contributed by atoms with Crippen LogP contribution in [0.15, 0.2) is 59.1 Å². The van der Waals surface area contributed by atoms with E-state index in [4.69, 9.17) is 4.52 Å². The SMILES string of the molecule is FC(F)Oc1ccccc1-c1noc(CN2CCCC2c2ccccc2)n1. The topological polar surface area (TPSA) is 51.4 Å². The Morgan fingerprint density at radius 1 is 1.11 bits per heavy atom. The second-order valence-corrected chi connectivity index (χ2v) is 6.43. The molecule has 27 heavy (non-hydrogen) atoms. The molecule has 1 aliphatic rings. The first kappa shape index (κ1) is 17.6. The fourth-order valence-corrected chi connectivity index (χ4v) is 3.52. The minimum Gasteiger partial charge on any atom is -0.434 e. The van der Waals surface area contributed by atoms with Crippen LogP contribution < -0.4 is 4.74 Å². The predicted molar refractivity (Wildman–Crippen MR) is 95.2 cm³/mol. The lowest BCUT2D eigenvalue weighted by atomic mass is 10.0. The third-order valence-electron chi connectivity index (χ3n) is 4.70. The van der Waals surface area contributed by atoms with Gasteiger partial charge in [0, 0.05) is 6.04 Å². The van der Waals surface area contributed by atoms with E-state index in [1.807, 2.05) is 18.2 Å². The normalized spacial score (nSPS) is 17.5. The highest BCUT2D eigenvalue weighted by molar-refractivity contribution is 5.63. The molecule has 2 aromatic carbocycles. The fraction of sp³-hybridized carbons (Fsp3) is 0.300. The Balaban J connectivity index is 1.52. The van der Waals surface area contributed by atoms with E-state index < -0.39 is 6.61 Å². The van der Waals surface area contributed by atoms with Crippen molar-refractivity contribution in [1.29, 1.82) is 0 Å². The third kappa shape index (κ3) is 3.98. The Kier molecular flexibility index (Phi) is 5.11. The maximum Gasteiger partial charge on any atom is 0.387 e. The monoisotopic (exact) mass is 371 g/mol. The average molecular weight is 371 g/mol. The summed E-state index contributed by atoms with van der Waals surface area (Å²) in [6.45, 7) is -1.44. The molecule has 0 spiro atoms. The summed E-state index contributed by atoms with van der Waals surface area (Å²) >= 11 is 0. The van der Waals surface area contributed by atoms with Crippen LogP contribution in [0.2, 0.25) is 0 Å². The molecule has 140 valence electrons. The molecule has 1 atom stereocenters. The quantitative estimate of drug-likeness (QED) is 0.630. The van der Waals surface area contributed by atoms with Gasteiger partial charge in [-0.3, -0.25) is 4.90 Å². The summed E-state index contributed by atoms with van der Waals surface area (Å²) in [6.07, 6.45) is 2.18. The van der Waals surface area contributed by atoms with Gasteiger partial charge in [0.2, 0.25) is 11.7 Å². The zero-order chi connectivity index (χ0) is 18.6. The molecule has 4 rings (SSSR count). The van der Waals surface area contributed by atoms with E-state index in [1.54, 1.807) is 18.2 Å². The number of ether oxygens (including phenoxy) is 1. The van der Waals surface area contributed by atoms with Crippen molar-refractivity contribution < 1.29 is 18.0 Å². The molecule has 1 aliphatic heterocycles. The van der Waals surface area contributed by atoms with Gasteiger partial charge >= 0.3 is 6.61 Å². The summed E-state index contributed by atoms with van der Waals surface area (Å²) in [5, 5.41) is 3.96. The molecule has 0 saturated carbocycles. The second-order valence-electron chi connectivity index (χ2n) is 6.43. The van der Waals surface area contributed by atoms with E-state index in [-0.39, 0.29) is 11.6 Å². The zero-order valence-corrected chi connectivity index (χ0v) is 14.6. The number of benzene rings is 2. The Morgan fingerprint density at radius 3 is 2.70 bits per heavy atom. The van der Waals surface area contributed by atoms with Gasteiger partial charge in [-0.05, 0) is 37.1 Å². The molecule has 0 N–H and O–H groups in total. The number of rotatable bonds is 6. The molecule has 5 nitrogen and oxygen atoms in total. The maximum atomic E-state index is 12.6. The van der Waals surface area contributed by atoms with Gasteiger partial charge in [0.1, 0.15) is 5.75 Å². The highest BCUT2D eigenvalue weighted by Gasteiger charge is 2.27. The smallest absolute Gasteiger partial charge is 0.387 e. The van der Waals surface area contributed by atoms with Gasteiger partial charge in [0.15, 0.2) is 0 Å². The highest BCUT2D eigenvalue weighted by atomic mass is 19.3. The Labute approximate surface area is 155 Å². The first-order chi connectivity index (χ1) is 13.2. The zero-order valence-electron chi connectivity index (χ0n) is 14.6. The summed E-state index contributed by atoms with van der Waals surface area (Å²) in [5.74, 6) is 0.736. The first-order valence-corrected chi connectivity index (χ1v) is 8.86. The highest BCUT2D eigenvalue weighted by Crippen LogP contribution is 2.33. The molecule has 3 aromatic rings. The van der Waals surface area contributed by atoms with Crippen molar-refractivity contribution in [2.24, 2.45) is 0 Å². The molecule has 1 fully saturated rings. The molecule has 0 radical (unpaired) electrons. The van der Waals surface area contributed by atoms with Crippen LogP contribution in [-0.4, -0.2) is 28.2 Å². The van der Waals surface area contributed by atoms with E-state index in [9.17, 15) is 8.78 Å². The fourth-order valence-electron chi connectivity index (χ4n) is 3.52. The van der Waals surface area contributed by atoms with Gasteiger partial charge < -0.3 is 9.26 Å². The second kappa shape index (κ2) is 7.84. The molecular weight excluding hydrogens is 352 g/mol. The van der Waals surface area contributed by atoms with Crippen LogP contribution in [-0.2, 0) is 6.54 Å². The lowest BCUT2D eigenvalue weighted by Gasteiger charge is -2.22. The Bertz CT molecular complexity index is 886. The largest absolute Gasteiger partial charge is 0.434 e. The molecule has 7 heteroatoms. The van der Waals surface area contributed by atoms with Gasteiger partial charge in [0.05, 0.1) is 12.1 Å². The molecular formula is C20H19F2N3O2. The van der Waals surface area contributed by atoms with Gasteiger partial charge in [-0.25, -0.2) is 0 Å². The number of hydrogen-bond donors (Lipinski definition) is 0. The molecule has 0 aliphatic carbocycles. The molecule has 0 bridgehead atoms. The number of nitrogens with zero attached hydrogens (tertiary/aromatic N) is 3. The van der Waals surface area contributed by atoms with Crippen molar-refractivity contribution in [1.82, 2.24) is 15.0 Å². The van der Waals surface area contributed by atoms with Crippen molar-refractivity contribution in [3.05, 3.63) is 66.1 Å². The van der Waals surface area contributed by atoms with Gasteiger partial charge in [-0.2, -0.15) is 13.8 Å². The third-order valence-corrected chi connectivity index (χ3v) is 4.70. The van der Waals surface area contributed by atoms with Gasteiger partial charge in [-0.15, -0.1) is 0 Å². The Morgan fingerprint density at radius 2 is 1.89 bits per heavy atom. The number of aromatic nitrogens is 2. The van der Waals surface area contributed by atoms with Crippen molar-refractivity contribution >= 4 is 0 Å². The van der Waals surface area contributed by atoms with Crippen LogP contribution in [0.3, 0.4) is 0 Å². The minimum atomic E-state index is -2.91. The lowest BCUT2D eigenvalue weighted by Crippen LogP contribution is -2.22. The average Bonchev–Trinajstić information content (AvgIpc) is 3.32. The van der Waals surface area contributed by atoms with E-state index in [1.165, 1.54) is 11.6 Å². The number of halogens is 2. The molecule has 1 aromatic heterocycles. The van der Waals surface area contributed by atoms with Crippen molar-refractivity contribution in [2.45, 2.75) is 32.0 Å². The van der Waals surface area contributed by atoms with Crippen molar-refractivity contribution in [3.8, 4) is 17.1 Å². The summed E-state index contributed by atoms with van der Waals surface area (Å²) in [7, 11) is 0. The molecule has 1 unspecified atom stereocenters.